The lowest BCUT2D eigenvalue weighted by atomic mass is 9.83. The van der Waals surface area contributed by atoms with E-state index in [1.165, 1.54) is 6.92 Å². The molecule has 0 saturated heterocycles. The second kappa shape index (κ2) is 7.57. The average molecular weight is 350 g/mol. The largest absolute Gasteiger partial charge is 0.449 e. The molecule has 1 saturated carbocycles. The number of esters is 1. The van der Waals surface area contributed by atoms with Gasteiger partial charge in [-0.2, -0.15) is 5.26 Å². The molecule has 1 unspecified atom stereocenters. The molecule has 1 aliphatic carbocycles. The van der Waals surface area contributed by atoms with Gasteiger partial charge in [0.25, 0.3) is 5.91 Å². The minimum Gasteiger partial charge on any atom is -0.449 e. The number of ether oxygens (including phenoxy) is 1. The molecule has 26 heavy (non-hydrogen) atoms. The molecule has 2 aromatic rings. The highest BCUT2D eigenvalue weighted by molar-refractivity contribution is 6.05. The minimum absolute atomic E-state index is 0.426. The van der Waals surface area contributed by atoms with Crippen LogP contribution < -0.4 is 5.32 Å². The van der Waals surface area contributed by atoms with Gasteiger partial charge in [0.1, 0.15) is 5.54 Å². The van der Waals surface area contributed by atoms with Gasteiger partial charge in [0.2, 0.25) is 0 Å². The van der Waals surface area contributed by atoms with E-state index >= 15 is 0 Å². The Morgan fingerprint density at radius 1 is 1.12 bits per heavy atom. The molecule has 134 valence electrons. The Balaban J connectivity index is 1.70. The first-order valence-corrected chi connectivity index (χ1v) is 8.97. The molecule has 0 spiro atoms. The van der Waals surface area contributed by atoms with Gasteiger partial charge < -0.3 is 10.1 Å². The van der Waals surface area contributed by atoms with E-state index in [4.69, 9.17) is 4.74 Å². The number of benzene rings is 2. The zero-order chi connectivity index (χ0) is 18.6. The lowest BCUT2D eigenvalue weighted by molar-refractivity contribution is -0.130. The van der Waals surface area contributed by atoms with Crippen LogP contribution in [-0.2, 0) is 9.53 Å². The van der Waals surface area contributed by atoms with Crippen LogP contribution in [0.4, 0.5) is 0 Å². The lowest BCUT2D eigenvalue weighted by Gasteiger charge is -2.32. The molecule has 0 heterocycles. The van der Waals surface area contributed by atoms with Crippen molar-refractivity contribution in [2.75, 3.05) is 0 Å². The van der Waals surface area contributed by atoms with E-state index in [9.17, 15) is 14.9 Å². The van der Waals surface area contributed by atoms with E-state index < -0.39 is 23.5 Å². The van der Waals surface area contributed by atoms with Crippen molar-refractivity contribution in [1.82, 2.24) is 5.32 Å². The van der Waals surface area contributed by atoms with E-state index in [1.54, 1.807) is 12.1 Å². The van der Waals surface area contributed by atoms with Crippen LogP contribution in [0.2, 0.25) is 0 Å². The number of hydrogen-bond acceptors (Lipinski definition) is 4. The predicted molar refractivity (Wildman–Crippen MR) is 98.4 cm³/mol. The summed E-state index contributed by atoms with van der Waals surface area (Å²) in [6.45, 7) is 1.53. The summed E-state index contributed by atoms with van der Waals surface area (Å²) in [6.07, 6.45) is 3.22. The maximum atomic E-state index is 12.5. The summed E-state index contributed by atoms with van der Waals surface area (Å²) in [7, 11) is 0. The first kappa shape index (κ1) is 17.9. The summed E-state index contributed by atoms with van der Waals surface area (Å²) in [5.41, 5.74) is -0.412. The van der Waals surface area contributed by atoms with Crippen molar-refractivity contribution in [3.63, 3.8) is 0 Å². The fourth-order valence-corrected chi connectivity index (χ4v) is 3.44. The number of carbonyl (C=O) groups excluding carboxylic acids is 2. The fraction of sp³-hybridized carbons (Fsp3) is 0.381. The van der Waals surface area contributed by atoms with Gasteiger partial charge >= 0.3 is 5.97 Å². The van der Waals surface area contributed by atoms with Crippen molar-refractivity contribution in [2.24, 2.45) is 0 Å². The summed E-state index contributed by atoms with van der Waals surface area (Å²) >= 11 is 0. The van der Waals surface area contributed by atoms with E-state index in [2.05, 4.69) is 11.4 Å². The van der Waals surface area contributed by atoms with Crippen molar-refractivity contribution in [2.45, 2.75) is 50.7 Å². The van der Waals surface area contributed by atoms with E-state index in [1.807, 2.05) is 30.3 Å². The van der Waals surface area contributed by atoms with Crippen molar-refractivity contribution >= 4 is 22.6 Å². The maximum absolute atomic E-state index is 12.5. The number of amides is 1. The van der Waals surface area contributed by atoms with Gasteiger partial charge in [-0.1, -0.05) is 55.7 Å². The SMILES string of the molecule is CC(OC(=O)c1cccc2ccccc12)C(=O)NC1(C#N)CCCCC1. The topological polar surface area (TPSA) is 79.2 Å². The first-order valence-electron chi connectivity index (χ1n) is 8.97. The molecule has 2 aromatic carbocycles. The number of rotatable bonds is 4. The van der Waals surface area contributed by atoms with Gasteiger partial charge in [-0.25, -0.2) is 4.79 Å². The highest BCUT2D eigenvalue weighted by Crippen LogP contribution is 2.27. The Morgan fingerprint density at radius 2 is 1.81 bits per heavy atom. The van der Waals surface area contributed by atoms with Crippen LogP contribution in [0.3, 0.4) is 0 Å². The molecular weight excluding hydrogens is 328 g/mol. The predicted octanol–water partition coefficient (Wildman–Crippen LogP) is 3.73. The monoisotopic (exact) mass is 350 g/mol. The summed E-state index contributed by atoms with van der Waals surface area (Å²) in [5, 5.41) is 14.0. The van der Waals surface area contributed by atoms with Crippen LogP contribution in [0.1, 0.15) is 49.4 Å². The Bertz CT molecular complexity index is 858. The van der Waals surface area contributed by atoms with Gasteiger partial charge in [-0.05, 0) is 36.6 Å². The zero-order valence-electron chi connectivity index (χ0n) is 14.8. The standard InChI is InChI=1S/C21H22N2O3/c1-15(19(24)23-21(14-22)12-5-2-6-13-21)26-20(25)18-11-7-9-16-8-3-4-10-17(16)18/h3-4,7-11,15H,2,5-6,12-13H2,1H3,(H,23,24). The second-order valence-corrected chi connectivity index (χ2v) is 6.82. The normalized spacial score (nSPS) is 17.1. The number of nitrogens with one attached hydrogen (secondary N) is 1. The van der Waals surface area contributed by atoms with Gasteiger partial charge in [-0.3, -0.25) is 4.79 Å². The average Bonchev–Trinajstić information content (AvgIpc) is 2.68. The molecule has 0 bridgehead atoms. The number of nitriles is 1. The smallest absolute Gasteiger partial charge is 0.339 e. The molecule has 5 nitrogen and oxygen atoms in total. The van der Waals surface area contributed by atoms with Gasteiger partial charge in [-0.15, -0.1) is 0 Å². The van der Waals surface area contributed by atoms with Crippen molar-refractivity contribution < 1.29 is 14.3 Å². The summed E-state index contributed by atoms with van der Waals surface area (Å²) in [4.78, 5) is 25.0. The minimum atomic E-state index is -0.964. The van der Waals surface area contributed by atoms with Crippen LogP contribution in [0.5, 0.6) is 0 Å². The summed E-state index contributed by atoms with van der Waals surface area (Å²) in [6, 6.07) is 15.2. The molecule has 3 rings (SSSR count). The molecule has 1 aliphatic rings. The Kier molecular flexibility index (Phi) is 5.22. The fourth-order valence-electron chi connectivity index (χ4n) is 3.44. The number of fused-ring (bicyclic) bond motifs is 1. The zero-order valence-corrected chi connectivity index (χ0v) is 14.8. The molecule has 1 N–H and O–H groups in total. The van der Waals surface area contributed by atoms with Crippen LogP contribution in [0.25, 0.3) is 10.8 Å². The van der Waals surface area contributed by atoms with Gasteiger partial charge in [0, 0.05) is 0 Å². The molecule has 0 aromatic heterocycles. The Labute approximate surface area is 153 Å². The molecule has 0 radical (unpaired) electrons. The van der Waals surface area contributed by atoms with Crippen LogP contribution in [0.15, 0.2) is 42.5 Å². The van der Waals surface area contributed by atoms with Crippen LogP contribution >= 0.6 is 0 Å². The number of carbonyl (C=O) groups is 2. The Morgan fingerprint density at radius 3 is 2.54 bits per heavy atom. The second-order valence-electron chi connectivity index (χ2n) is 6.82. The molecule has 1 atom stereocenters. The van der Waals surface area contributed by atoms with Crippen LogP contribution in [-0.4, -0.2) is 23.5 Å². The molecule has 1 fully saturated rings. The van der Waals surface area contributed by atoms with Gasteiger partial charge in [0.05, 0.1) is 11.6 Å². The third-order valence-electron chi connectivity index (χ3n) is 4.95. The van der Waals surface area contributed by atoms with Gasteiger partial charge in [0.15, 0.2) is 6.10 Å². The molecule has 1 amide bonds. The van der Waals surface area contributed by atoms with Crippen LogP contribution in [0, 0.1) is 11.3 Å². The lowest BCUT2D eigenvalue weighted by Crippen LogP contribution is -2.52. The first-order chi connectivity index (χ1) is 12.5. The van der Waals surface area contributed by atoms with E-state index in [0.717, 1.165) is 30.0 Å². The highest BCUT2D eigenvalue weighted by Gasteiger charge is 2.35. The van der Waals surface area contributed by atoms with E-state index in [-0.39, 0.29) is 0 Å². The van der Waals surface area contributed by atoms with E-state index in [0.29, 0.717) is 18.4 Å². The molecular formula is C21H22N2O3. The molecule has 0 aliphatic heterocycles. The number of hydrogen-bond donors (Lipinski definition) is 1. The molecule has 5 heteroatoms. The quantitative estimate of drug-likeness (QED) is 0.852. The number of nitrogens with zero attached hydrogens (tertiary/aromatic N) is 1. The third-order valence-corrected chi connectivity index (χ3v) is 4.95. The van der Waals surface area contributed by atoms with Crippen molar-refractivity contribution in [3.8, 4) is 6.07 Å². The highest BCUT2D eigenvalue weighted by atomic mass is 16.5. The maximum Gasteiger partial charge on any atom is 0.339 e. The van der Waals surface area contributed by atoms with Crippen molar-refractivity contribution in [1.29, 1.82) is 5.26 Å². The summed E-state index contributed by atoms with van der Waals surface area (Å²) < 4.78 is 5.38. The summed E-state index contributed by atoms with van der Waals surface area (Å²) in [5.74, 6) is -0.971. The third kappa shape index (κ3) is 3.70. The van der Waals surface area contributed by atoms with Crippen molar-refractivity contribution in [3.05, 3.63) is 48.0 Å². The Hall–Kier alpha value is -2.87.